The molecule has 2 rings (SSSR count). The molecule has 2 aromatic rings. The van der Waals surface area contributed by atoms with Crippen molar-refractivity contribution in [2.24, 2.45) is 7.05 Å². The third-order valence-electron chi connectivity index (χ3n) is 3.72. The van der Waals surface area contributed by atoms with E-state index in [4.69, 9.17) is 0 Å². The largest absolute Gasteiger partial charge is 0.340 e. The van der Waals surface area contributed by atoms with Crippen molar-refractivity contribution in [3.63, 3.8) is 0 Å². The maximum Gasteiger partial charge on any atom is 0.240 e. The smallest absolute Gasteiger partial charge is 0.240 e. The maximum atomic E-state index is 12.5. The number of hydrogen-bond acceptors (Lipinski definition) is 3. The highest BCUT2D eigenvalue weighted by Crippen LogP contribution is 2.21. The number of nitrogens with zero attached hydrogens (tertiary/aromatic N) is 2. The van der Waals surface area contributed by atoms with Crippen LogP contribution in [-0.2, 0) is 11.8 Å². The Labute approximate surface area is 125 Å². The number of amides is 1. The second kappa shape index (κ2) is 6.10. The SMILES string of the molecule is CNC(C)(C)C(=O)NC(c1ccccc1)c1nccn1C. The monoisotopic (exact) mass is 286 g/mol. The summed E-state index contributed by atoms with van der Waals surface area (Å²) in [5, 5.41) is 6.10. The Morgan fingerprint density at radius 1 is 1.29 bits per heavy atom. The van der Waals surface area contributed by atoms with E-state index in [9.17, 15) is 4.79 Å². The molecule has 0 saturated carbocycles. The van der Waals surface area contributed by atoms with Gasteiger partial charge in [-0.1, -0.05) is 30.3 Å². The van der Waals surface area contributed by atoms with Gasteiger partial charge < -0.3 is 15.2 Å². The topological polar surface area (TPSA) is 59.0 Å². The Hall–Kier alpha value is -2.14. The van der Waals surface area contributed by atoms with Crippen LogP contribution in [0, 0.1) is 0 Å². The third-order valence-corrected chi connectivity index (χ3v) is 3.72. The highest BCUT2D eigenvalue weighted by molar-refractivity contribution is 5.86. The number of imidazole rings is 1. The molecule has 0 aliphatic carbocycles. The van der Waals surface area contributed by atoms with Crippen molar-refractivity contribution in [3.05, 3.63) is 54.1 Å². The lowest BCUT2D eigenvalue weighted by atomic mass is 10.0. The van der Waals surface area contributed by atoms with Crippen LogP contribution in [0.25, 0.3) is 0 Å². The van der Waals surface area contributed by atoms with Crippen LogP contribution < -0.4 is 10.6 Å². The lowest BCUT2D eigenvalue weighted by molar-refractivity contribution is -0.126. The van der Waals surface area contributed by atoms with Gasteiger partial charge in [-0.3, -0.25) is 4.79 Å². The first-order chi connectivity index (χ1) is 9.95. The van der Waals surface area contributed by atoms with Gasteiger partial charge in [-0.2, -0.15) is 0 Å². The van der Waals surface area contributed by atoms with E-state index in [2.05, 4.69) is 15.6 Å². The van der Waals surface area contributed by atoms with Crippen molar-refractivity contribution in [2.45, 2.75) is 25.4 Å². The van der Waals surface area contributed by atoms with Crippen LogP contribution in [0.4, 0.5) is 0 Å². The average molecular weight is 286 g/mol. The van der Waals surface area contributed by atoms with Crippen molar-refractivity contribution in [1.82, 2.24) is 20.2 Å². The minimum Gasteiger partial charge on any atom is -0.340 e. The molecular formula is C16H22N4O. The molecule has 5 nitrogen and oxygen atoms in total. The van der Waals surface area contributed by atoms with Crippen molar-refractivity contribution >= 4 is 5.91 Å². The predicted octanol–water partition coefficient (Wildman–Crippen LogP) is 1.62. The summed E-state index contributed by atoms with van der Waals surface area (Å²) in [6.07, 6.45) is 3.61. The Morgan fingerprint density at radius 2 is 1.95 bits per heavy atom. The molecule has 0 radical (unpaired) electrons. The summed E-state index contributed by atoms with van der Waals surface area (Å²) in [6.45, 7) is 3.70. The van der Waals surface area contributed by atoms with Crippen LogP contribution >= 0.6 is 0 Å². The van der Waals surface area contributed by atoms with E-state index in [1.165, 1.54) is 0 Å². The van der Waals surface area contributed by atoms with Gasteiger partial charge in [0.25, 0.3) is 0 Å². The van der Waals surface area contributed by atoms with E-state index in [1.807, 2.05) is 62.0 Å². The zero-order valence-corrected chi connectivity index (χ0v) is 12.9. The number of rotatable bonds is 5. The zero-order valence-electron chi connectivity index (χ0n) is 12.9. The molecule has 21 heavy (non-hydrogen) atoms. The summed E-state index contributed by atoms with van der Waals surface area (Å²) >= 11 is 0. The second-order valence-corrected chi connectivity index (χ2v) is 5.59. The van der Waals surface area contributed by atoms with Crippen molar-refractivity contribution in [2.75, 3.05) is 7.05 Å². The van der Waals surface area contributed by atoms with E-state index >= 15 is 0 Å². The van der Waals surface area contributed by atoms with Gasteiger partial charge in [-0.15, -0.1) is 0 Å². The lowest BCUT2D eigenvalue weighted by Gasteiger charge is -2.27. The minimum atomic E-state index is -0.641. The summed E-state index contributed by atoms with van der Waals surface area (Å²) in [5.74, 6) is 0.739. The van der Waals surface area contributed by atoms with Gasteiger partial charge in [0.1, 0.15) is 11.9 Å². The standard InChI is InChI=1S/C16H22N4O/c1-16(2,17-3)15(21)19-13(12-8-6-5-7-9-12)14-18-10-11-20(14)4/h5-11,13,17H,1-4H3,(H,19,21). The molecule has 0 aliphatic rings. The molecule has 0 fully saturated rings. The summed E-state index contributed by atoms with van der Waals surface area (Å²) in [5.41, 5.74) is 0.366. The normalized spacial score (nSPS) is 13.0. The number of nitrogens with one attached hydrogen (secondary N) is 2. The maximum absolute atomic E-state index is 12.5. The number of hydrogen-bond donors (Lipinski definition) is 2. The van der Waals surface area contributed by atoms with Crippen molar-refractivity contribution < 1.29 is 4.79 Å². The summed E-state index contributed by atoms with van der Waals surface area (Å²) in [4.78, 5) is 16.9. The molecule has 0 bridgehead atoms. The van der Waals surface area contributed by atoms with Gasteiger partial charge in [0, 0.05) is 19.4 Å². The van der Waals surface area contributed by atoms with Crippen LogP contribution in [-0.4, -0.2) is 28.0 Å². The highest BCUT2D eigenvalue weighted by Gasteiger charge is 2.29. The molecule has 2 N–H and O–H groups in total. The number of carbonyl (C=O) groups is 1. The summed E-state index contributed by atoms with van der Waals surface area (Å²) < 4.78 is 1.92. The molecule has 0 spiro atoms. The van der Waals surface area contributed by atoms with Gasteiger partial charge in [-0.25, -0.2) is 4.98 Å². The fourth-order valence-electron chi connectivity index (χ4n) is 2.02. The summed E-state index contributed by atoms with van der Waals surface area (Å²) in [7, 11) is 3.70. The van der Waals surface area contributed by atoms with Crippen molar-refractivity contribution in [1.29, 1.82) is 0 Å². The van der Waals surface area contributed by atoms with Crippen LogP contribution in [0.2, 0.25) is 0 Å². The highest BCUT2D eigenvalue weighted by atomic mass is 16.2. The molecule has 112 valence electrons. The van der Waals surface area contributed by atoms with Gasteiger partial charge in [0.05, 0.1) is 5.54 Å². The molecule has 1 aromatic carbocycles. The number of benzene rings is 1. The Bertz CT molecular complexity index is 604. The average Bonchev–Trinajstić information content (AvgIpc) is 2.91. The number of likely N-dealkylation sites (N-methyl/N-ethyl adjacent to an activating group) is 1. The first-order valence-electron chi connectivity index (χ1n) is 6.97. The van der Waals surface area contributed by atoms with E-state index in [-0.39, 0.29) is 11.9 Å². The number of aryl methyl sites for hydroxylation is 1. The lowest BCUT2D eigenvalue weighted by Crippen LogP contribution is -2.52. The fourth-order valence-corrected chi connectivity index (χ4v) is 2.02. The molecule has 5 heteroatoms. The molecule has 0 aliphatic heterocycles. The van der Waals surface area contributed by atoms with Crippen LogP contribution in [0.15, 0.2) is 42.7 Å². The van der Waals surface area contributed by atoms with Crippen molar-refractivity contribution in [3.8, 4) is 0 Å². The van der Waals surface area contributed by atoms with Gasteiger partial charge >= 0.3 is 0 Å². The van der Waals surface area contributed by atoms with Gasteiger partial charge in [-0.05, 0) is 26.5 Å². The van der Waals surface area contributed by atoms with Gasteiger partial charge in [0.2, 0.25) is 5.91 Å². The molecule has 1 aromatic heterocycles. The first-order valence-corrected chi connectivity index (χ1v) is 6.97. The summed E-state index contributed by atoms with van der Waals surface area (Å²) in [6, 6.07) is 9.59. The molecule has 1 heterocycles. The Morgan fingerprint density at radius 3 is 2.48 bits per heavy atom. The number of aromatic nitrogens is 2. The predicted molar refractivity (Wildman–Crippen MR) is 82.8 cm³/mol. The molecule has 1 unspecified atom stereocenters. The third kappa shape index (κ3) is 3.31. The Kier molecular flexibility index (Phi) is 4.43. The van der Waals surface area contributed by atoms with Gasteiger partial charge in [0.15, 0.2) is 0 Å². The molecule has 1 atom stereocenters. The molecule has 1 amide bonds. The van der Waals surface area contributed by atoms with E-state index in [0.29, 0.717) is 0 Å². The van der Waals surface area contributed by atoms with E-state index in [1.54, 1.807) is 13.2 Å². The van der Waals surface area contributed by atoms with Crippen LogP contribution in [0.5, 0.6) is 0 Å². The van der Waals surface area contributed by atoms with E-state index < -0.39 is 5.54 Å². The van der Waals surface area contributed by atoms with Crippen LogP contribution in [0.1, 0.15) is 31.3 Å². The van der Waals surface area contributed by atoms with Crippen LogP contribution in [0.3, 0.4) is 0 Å². The van der Waals surface area contributed by atoms with E-state index in [0.717, 1.165) is 11.4 Å². The molecular weight excluding hydrogens is 264 g/mol. The minimum absolute atomic E-state index is 0.0677. The first kappa shape index (κ1) is 15.3. The molecule has 0 saturated heterocycles. The Balaban J connectivity index is 2.35. The zero-order chi connectivity index (χ0) is 15.5. The second-order valence-electron chi connectivity index (χ2n) is 5.59. The quantitative estimate of drug-likeness (QED) is 0.878. The fraction of sp³-hybridized carbons (Fsp3) is 0.375. The number of carbonyl (C=O) groups excluding carboxylic acids is 1.